The number of rotatable bonds is 6. The average Bonchev–Trinajstić information content (AvgIpc) is 2.84. The number of nitrogens with zero attached hydrogens (tertiary/aromatic N) is 4. The lowest BCUT2D eigenvalue weighted by molar-refractivity contribution is -0.140. The van der Waals surface area contributed by atoms with Gasteiger partial charge in [0.25, 0.3) is 0 Å². The van der Waals surface area contributed by atoms with E-state index in [-0.39, 0.29) is 24.5 Å². The molecule has 0 aromatic carbocycles. The van der Waals surface area contributed by atoms with Crippen molar-refractivity contribution in [3.63, 3.8) is 0 Å². The van der Waals surface area contributed by atoms with Crippen LogP contribution in [0.4, 0.5) is 0 Å². The van der Waals surface area contributed by atoms with Crippen molar-refractivity contribution < 1.29 is 23.1 Å². The molecule has 1 N–H and O–H groups in total. The van der Waals surface area contributed by atoms with Gasteiger partial charge in [-0.2, -0.15) is 0 Å². The number of hydrogen-bond donors (Lipinski definition) is 1. The number of aromatic nitrogens is 4. The molecule has 2 rings (SSSR count). The standard InChI is InChI=1S/C11H18N4O5S/c1-20-8(6-10(16)17)7-15-11(12-13-14-15)9-4-2-3-5-21(9,18)19/h8-9H,2-7H2,1H3,(H,16,17). The summed E-state index contributed by atoms with van der Waals surface area (Å²) in [4.78, 5) is 10.7. The fraction of sp³-hybridized carbons (Fsp3) is 0.818. The normalized spacial score (nSPS) is 22.8. The van der Waals surface area contributed by atoms with Crippen LogP contribution in [0.2, 0.25) is 0 Å². The first-order valence-corrected chi connectivity index (χ1v) is 8.38. The second kappa shape index (κ2) is 6.48. The van der Waals surface area contributed by atoms with Crippen LogP contribution in [0.25, 0.3) is 0 Å². The minimum absolute atomic E-state index is 0.108. The monoisotopic (exact) mass is 318 g/mol. The summed E-state index contributed by atoms with van der Waals surface area (Å²) in [5.41, 5.74) is 0. The van der Waals surface area contributed by atoms with E-state index in [1.807, 2.05) is 0 Å². The topological polar surface area (TPSA) is 124 Å². The van der Waals surface area contributed by atoms with Crippen molar-refractivity contribution in [3.05, 3.63) is 5.82 Å². The van der Waals surface area contributed by atoms with E-state index in [1.165, 1.54) is 11.8 Å². The summed E-state index contributed by atoms with van der Waals surface area (Å²) in [5.74, 6) is -0.600. The third-order valence-corrected chi connectivity index (χ3v) is 5.71. The molecule has 1 aromatic rings. The van der Waals surface area contributed by atoms with Gasteiger partial charge in [-0.3, -0.25) is 4.79 Å². The van der Waals surface area contributed by atoms with Crippen molar-refractivity contribution in [2.24, 2.45) is 0 Å². The molecule has 10 heteroatoms. The van der Waals surface area contributed by atoms with Gasteiger partial charge in [0.15, 0.2) is 15.7 Å². The zero-order valence-electron chi connectivity index (χ0n) is 11.7. The first-order valence-electron chi connectivity index (χ1n) is 6.66. The molecule has 2 atom stereocenters. The van der Waals surface area contributed by atoms with E-state index in [1.54, 1.807) is 0 Å². The van der Waals surface area contributed by atoms with Gasteiger partial charge < -0.3 is 9.84 Å². The smallest absolute Gasteiger partial charge is 0.306 e. The lowest BCUT2D eigenvalue weighted by Gasteiger charge is -2.22. The summed E-state index contributed by atoms with van der Waals surface area (Å²) in [6.07, 6.45) is 1.13. The SMILES string of the molecule is COC(CC(=O)O)Cn1nnnc1C1CCCCS1(=O)=O. The predicted molar refractivity (Wildman–Crippen MR) is 71.2 cm³/mol. The number of carboxylic acids is 1. The number of carboxylic acid groups (broad SMARTS) is 1. The molecule has 1 aromatic heterocycles. The minimum atomic E-state index is -3.26. The quantitative estimate of drug-likeness (QED) is 0.764. The number of sulfone groups is 1. The maximum atomic E-state index is 12.1. The number of hydrogen-bond acceptors (Lipinski definition) is 7. The number of carbonyl (C=O) groups is 1. The Balaban J connectivity index is 2.20. The first-order chi connectivity index (χ1) is 9.94. The third-order valence-electron chi connectivity index (χ3n) is 3.54. The van der Waals surface area contributed by atoms with Crippen molar-refractivity contribution in [2.75, 3.05) is 12.9 Å². The van der Waals surface area contributed by atoms with Crippen LogP contribution in [0.1, 0.15) is 36.8 Å². The Morgan fingerprint density at radius 2 is 2.29 bits per heavy atom. The van der Waals surface area contributed by atoms with E-state index in [0.717, 1.165) is 6.42 Å². The Labute approximate surface area is 122 Å². The summed E-state index contributed by atoms with van der Waals surface area (Å²) in [7, 11) is -1.86. The molecule has 0 amide bonds. The third kappa shape index (κ3) is 3.76. The average molecular weight is 318 g/mol. The molecule has 0 radical (unpaired) electrons. The fourth-order valence-electron chi connectivity index (χ4n) is 2.43. The van der Waals surface area contributed by atoms with Gasteiger partial charge in [0, 0.05) is 7.11 Å². The maximum absolute atomic E-state index is 12.1. The maximum Gasteiger partial charge on any atom is 0.306 e. The lowest BCUT2D eigenvalue weighted by atomic mass is 10.2. The Kier molecular flexibility index (Phi) is 4.88. The van der Waals surface area contributed by atoms with Crippen LogP contribution in [-0.2, 0) is 25.9 Å². The van der Waals surface area contributed by atoms with Crippen molar-refractivity contribution in [3.8, 4) is 0 Å². The fourth-order valence-corrected chi connectivity index (χ4v) is 4.33. The minimum Gasteiger partial charge on any atom is -0.481 e. The van der Waals surface area contributed by atoms with Crippen molar-refractivity contribution in [1.82, 2.24) is 20.2 Å². The summed E-state index contributed by atoms with van der Waals surface area (Å²) in [5, 5.41) is 19.2. The number of aliphatic carboxylic acids is 1. The van der Waals surface area contributed by atoms with Crippen molar-refractivity contribution in [2.45, 2.75) is 43.6 Å². The molecule has 9 nitrogen and oxygen atoms in total. The molecule has 1 aliphatic heterocycles. The highest BCUT2D eigenvalue weighted by Crippen LogP contribution is 2.31. The molecular formula is C11H18N4O5S. The molecule has 2 heterocycles. The van der Waals surface area contributed by atoms with Crippen molar-refractivity contribution >= 4 is 15.8 Å². The van der Waals surface area contributed by atoms with Gasteiger partial charge in [-0.15, -0.1) is 5.10 Å². The Morgan fingerprint density at radius 1 is 1.52 bits per heavy atom. The predicted octanol–water partition coefficient (Wildman–Crippen LogP) is -0.197. The molecule has 118 valence electrons. The first kappa shape index (κ1) is 15.8. The van der Waals surface area contributed by atoms with E-state index in [4.69, 9.17) is 9.84 Å². The molecule has 1 aliphatic rings. The molecule has 1 saturated heterocycles. The van der Waals surface area contributed by atoms with Gasteiger partial charge in [-0.1, -0.05) is 6.42 Å². The van der Waals surface area contributed by atoms with Crippen LogP contribution in [0.3, 0.4) is 0 Å². The second-order valence-corrected chi connectivity index (χ2v) is 7.33. The van der Waals surface area contributed by atoms with Crippen LogP contribution in [0, 0.1) is 0 Å². The second-order valence-electron chi connectivity index (χ2n) is 5.03. The largest absolute Gasteiger partial charge is 0.481 e. The Morgan fingerprint density at radius 3 is 2.90 bits per heavy atom. The molecule has 2 unspecified atom stereocenters. The Bertz CT molecular complexity index is 600. The highest BCUT2D eigenvalue weighted by atomic mass is 32.2. The van der Waals surface area contributed by atoms with Crippen molar-refractivity contribution in [1.29, 1.82) is 0 Å². The molecule has 0 spiro atoms. The van der Waals surface area contributed by atoms with E-state index in [9.17, 15) is 13.2 Å². The van der Waals surface area contributed by atoms with Crippen LogP contribution in [0.15, 0.2) is 0 Å². The molecule has 0 aliphatic carbocycles. The lowest BCUT2D eigenvalue weighted by Crippen LogP contribution is -2.28. The summed E-state index contributed by atoms with van der Waals surface area (Å²) in [6, 6.07) is 0. The number of ether oxygens (including phenoxy) is 1. The highest BCUT2D eigenvalue weighted by Gasteiger charge is 2.35. The van der Waals surface area contributed by atoms with Gasteiger partial charge in [-0.25, -0.2) is 13.1 Å². The van der Waals surface area contributed by atoms with Gasteiger partial charge in [0.2, 0.25) is 0 Å². The molecule has 0 saturated carbocycles. The van der Waals surface area contributed by atoms with Crippen LogP contribution in [-0.4, -0.2) is 58.7 Å². The Hall–Kier alpha value is -1.55. The van der Waals surface area contributed by atoms with Gasteiger partial charge in [-0.05, 0) is 23.3 Å². The zero-order chi connectivity index (χ0) is 15.5. The molecule has 21 heavy (non-hydrogen) atoms. The van der Waals surface area contributed by atoms with Gasteiger partial charge in [0.1, 0.15) is 5.25 Å². The van der Waals surface area contributed by atoms with E-state index in [0.29, 0.717) is 12.8 Å². The van der Waals surface area contributed by atoms with Gasteiger partial charge >= 0.3 is 5.97 Å². The number of methoxy groups -OCH3 is 1. The highest BCUT2D eigenvalue weighted by molar-refractivity contribution is 7.91. The zero-order valence-corrected chi connectivity index (χ0v) is 12.5. The van der Waals surface area contributed by atoms with E-state index in [2.05, 4.69) is 15.5 Å². The van der Waals surface area contributed by atoms with E-state index < -0.39 is 27.2 Å². The summed E-state index contributed by atoms with van der Waals surface area (Å²) >= 11 is 0. The van der Waals surface area contributed by atoms with Gasteiger partial charge in [0.05, 0.1) is 24.8 Å². The summed E-state index contributed by atoms with van der Waals surface area (Å²) < 4.78 is 30.7. The van der Waals surface area contributed by atoms with Crippen LogP contribution >= 0.6 is 0 Å². The van der Waals surface area contributed by atoms with Crippen LogP contribution < -0.4 is 0 Å². The summed E-state index contributed by atoms with van der Waals surface area (Å²) in [6.45, 7) is 0.108. The van der Waals surface area contributed by atoms with Crippen LogP contribution in [0.5, 0.6) is 0 Å². The van der Waals surface area contributed by atoms with E-state index >= 15 is 0 Å². The number of tetrazole rings is 1. The molecule has 0 bridgehead atoms. The molecular weight excluding hydrogens is 300 g/mol. The molecule has 1 fully saturated rings.